The van der Waals surface area contributed by atoms with E-state index >= 15 is 0 Å². The van der Waals surface area contributed by atoms with Crippen molar-refractivity contribution in [3.05, 3.63) is 30.2 Å². The molecule has 1 saturated heterocycles. The lowest BCUT2D eigenvalue weighted by Gasteiger charge is -2.16. The molecule has 2 aliphatic rings. The van der Waals surface area contributed by atoms with Crippen molar-refractivity contribution in [3.8, 4) is 0 Å². The lowest BCUT2D eigenvalue weighted by molar-refractivity contribution is -0.142. The molecule has 1 aliphatic heterocycles. The molecule has 22 heavy (non-hydrogen) atoms. The van der Waals surface area contributed by atoms with Gasteiger partial charge in [-0.3, -0.25) is 14.0 Å². The molecule has 3 heterocycles. The Labute approximate surface area is 126 Å². The summed E-state index contributed by atoms with van der Waals surface area (Å²) >= 11 is 0. The third-order valence-corrected chi connectivity index (χ3v) is 4.73. The predicted molar refractivity (Wildman–Crippen MR) is 76.2 cm³/mol. The molecule has 114 valence electrons. The van der Waals surface area contributed by atoms with Crippen LogP contribution in [0.25, 0.3) is 5.65 Å². The highest BCUT2D eigenvalue weighted by Crippen LogP contribution is 2.44. The van der Waals surface area contributed by atoms with Gasteiger partial charge in [-0.25, -0.2) is 0 Å². The molecule has 1 aliphatic carbocycles. The summed E-state index contributed by atoms with van der Waals surface area (Å²) in [5.74, 6) is -0.777. The van der Waals surface area contributed by atoms with E-state index in [4.69, 9.17) is 0 Å². The van der Waals surface area contributed by atoms with E-state index < -0.39 is 11.9 Å². The lowest BCUT2D eigenvalue weighted by Crippen LogP contribution is -2.30. The summed E-state index contributed by atoms with van der Waals surface area (Å²) < 4.78 is 1.69. The maximum Gasteiger partial charge on any atom is 0.308 e. The number of amides is 1. The van der Waals surface area contributed by atoms with Crippen LogP contribution in [-0.2, 0) is 4.79 Å². The first-order valence-electron chi connectivity index (χ1n) is 7.45. The van der Waals surface area contributed by atoms with Crippen molar-refractivity contribution < 1.29 is 14.7 Å². The number of carboxylic acids is 1. The van der Waals surface area contributed by atoms with Gasteiger partial charge in [0.2, 0.25) is 0 Å². The van der Waals surface area contributed by atoms with E-state index in [0.717, 1.165) is 12.8 Å². The Balaban J connectivity index is 1.58. The number of hydrogen-bond acceptors (Lipinski definition) is 4. The maximum atomic E-state index is 12.6. The van der Waals surface area contributed by atoms with E-state index in [1.54, 1.807) is 34.0 Å². The molecule has 1 saturated carbocycles. The average molecular weight is 300 g/mol. The molecule has 2 fully saturated rings. The van der Waals surface area contributed by atoms with Crippen LogP contribution in [0.3, 0.4) is 0 Å². The Morgan fingerprint density at radius 1 is 1.23 bits per heavy atom. The summed E-state index contributed by atoms with van der Waals surface area (Å²) in [7, 11) is 0. The van der Waals surface area contributed by atoms with Crippen LogP contribution < -0.4 is 0 Å². The second kappa shape index (κ2) is 4.79. The van der Waals surface area contributed by atoms with E-state index in [2.05, 4.69) is 10.2 Å². The largest absolute Gasteiger partial charge is 0.481 e. The van der Waals surface area contributed by atoms with Crippen molar-refractivity contribution in [1.82, 2.24) is 19.5 Å². The van der Waals surface area contributed by atoms with Crippen LogP contribution >= 0.6 is 0 Å². The summed E-state index contributed by atoms with van der Waals surface area (Å²) in [5.41, 5.74) is 1.21. The Hall–Kier alpha value is -2.44. The molecule has 0 spiro atoms. The third kappa shape index (κ3) is 2.13. The van der Waals surface area contributed by atoms with Crippen LogP contribution in [0.4, 0.5) is 0 Å². The van der Waals surface area contributed by atoms with Gasteiger partial charge in [-0.05, 0) is 36.8 Å². The standard InChI is InChI=1S/C15H16N4O3/c20-14(10-3-4-13-17-16-8-19(13)5-10)18-6-11(9-1-2-9)12(7-18)15(21)22/h3-5,8-9,11-12H,1-2,6-7H2,(H,21,22)/t11-,12+/m1/s1. The quantitative estimate of drug-likeness (QED) is 0.910. The van der Waals surface area contributed by atoms with Crippen molar-refractivity contribution >= 4 is 17.5 Å². The number of pyridine rings is 1. The van der Waals surface area contributed by atoms with E-state index in [1.165, 1.54) is 0 Å². The van der Waals surface area contributed by atoms with Crippen LogP contribution in [-0.4, -0.2) is 49.6 Å². The minimum atomic E-state index is -0.790. The number of rotatable bonds is 3. The second-order valence-corrected chi connectivity index (χ2v) is 6.17. The molecule has 1 amide bonds. The summed E-state index contributed by atoms with van der Waals surface area (Å²) in [6.45, 7) is 0.843. The number of hydrogen-bond donors (Lipinski definition) is 1. The van der Waals surface area contributed by atoms with Crippen LogP contribution in [0.1, 0.15) is 23.2 Å². The zero-order chi connectivity index (χ0) is 15.3. The number of carbonyl (C=O) groups is 2. The zero-order valence-corrected chi connectivity index (χ0v) is 11.9. The highest BCUT2D eigenvalue weighted by Gasteiger charge is 2.46. The topological polar surface area (TPSA) is 87.8 Å². The highest BCUT2D eigenvalue weighted by atomic mass is 16.4. The van der Waals surface area contributed by atoms with Gasteiger partial charge in [0.15, 0.2) is 5.65 Å². The molecule has 0 unspecified atom stereocenters. The molecule has 2 aromatic rings. The number of nitrogens with zero attached hydrogens (tertiary/aromatic N) is 4. The molecule has 0 radical (unpaired) electrons. The minimum Gasteiger partial charge on any atom is -0.481 e. The van der Waals surface area contributed by atoms with Crippen LogP contribution in [0.15, 0.2) is 24.7 Å². The molecular formula is C15H16N4O3. The van der Waals surface area contributed by atoms with E-state index in [0.29, 0.717) is 30.2 Å². The Kier molecular flexibility index (Phi) is 2.88. The van der Waals surface area contributed by atoms with Gasteiger partial charge in [-0.15, -0.1) is 10.2 Å². The zero-order valence-electron chi connectivity index (χ0n) is 11.9. The fourth-order valence-corrected chi connectivity index (χ4v) is 3.39. The first-order valence-corrected chi connectivity index (χ1v) is 7.45. The van der Waals surface area contributed by atoms with Gasteiger partial charge < -0.3 is 10.0 Å². The predicted octanol–water partition coefficient (Wildman–Crippen LogP) is 0.912. The highest BCUT2D eigenvalue weighted by molar-refractivity contribution is 5.95. The van der Waals surface area contributed by atoms with Crippen molar-refractivity contribution in [3.63, 3.8) is 0 Å². The molecule has 0 bridgehead atoms. The first kappa shape index (κ1) is 13.2. The van der Waals surface area contributed by atoms with Gasteiger partial charge in [-0.1, -0.05) is 0 Å². The van der Waals surface area contributed by atoms with Crippen molar-refractivity contribution in [2.45, 2.75) is 12.8 Å². The first-order chi connectivity index (χ1) is 10.6. The van der Waals surface area contributed by atoms with Gasteiger partial charge in [0.1, 0.15) is 6.33 Å². The Morgan fingerprint density at radius 2 is 2.05 bits per heavy atom. The molecule has 4 rings (SSSR count). The number of carbonyl (C=O) groups excluding carboxylic acids is 1. The average Bonchev–Trinajstić information content (AvgIpc) is 3.09. The molecule has 7 heteroatoms. The van der Waals surface area contributed by atoms with E-state index in [-0.39, 0.29) is 11.8 Å². The van der Waals surface area contributed by atoms with Crippen LogP contribution in [0.5, 0.6) is 0 Å². The number of aliphatic carboxylic acids is 1. The summed E-state index contributed by atoms with van der Waals surface area (Å²) in [6.07, 6.45) is 5.41. The fraction of sp³-hybridized carbons (Fsp3) is 0.467. The molecule has 2 aromatic heterocycles. The van der Waals surface area contributed by atoms with E-state index in [1.807, 2.05) is 0 Å². The molecular weight excluding hydrogens is 284 g/mol. The third-order valence-electron chi connectivity index (χ3n) is 4.73. The molecule has 0 aromatic carbocycles. The number of likely N-dealkylation sites (tertiary alicyclic amines) is 1. The van der Waals surface area contributed by atoms with Crippen molar-refractivity contribution in [1.29, 1.82) is 0 Å². The molecule has 2 atom stereocenters. The lowest BCUT2D eigenvalue weighted by atomic mass is 9.92. The fourth-order valence-electron chi connectivity index (χ4n) is 3.39. The molecule has 7 nitrogen and oxygen atoms in total. The van der Waals surface area contributed by atoms with Crippen molar-refractivity contribution in [2.24, 2.45) is 17.8 Å². The van der Waals surface area contributed by atoms with Gasteiger partial charge >= 0.3 is 5.97 Å². The number of aromatic nitrogens is 3. The summed E-state index contributed by atoms with van der Waals surface area (Å²) in [4.78, 5) is 25.8. The number of fused-ring (bicyclic) bond motifs is 1. The SMILES string of the molecule is O=C(O)[C@H]1CN(C(=O)c2ccc3nncn3c2)C[C@@H]1C1CC1. The second-order valence-electron chi connectivity index (χ2n) is 6.17. The van der Waals surface area contributed by atoms with Gasteiger partial charge in [0, 0.05) is 19.3 Å². The van der Waals surface area contributed by atoms with Gasteiger partial charge in [0.25, 0.3) is 5.91 Å². The summed E-state index contributed by atoms with van der Waals surface area (Å²) in [6, 6.07) is 3.45. The summed E-state index contributed by atoms with van der Waals surface area (Å²) in [5, 5.41) is 17.1. The van der Waals surface area contributed by atoms with Gasteiger partial charge in [-0.2, -0.15) is 0 Å². The van der Waals surface area contributed by atoms with Gasteiger partial charge in [0.05, 0.1) is 11.5 Å². The smallest absolute Gasteiger partial charge is 0.308 e. The van der Waals surface area contributed by atoms with Crippen molar-refractivity contribution in [2.75, 3.05) is 13.1 Å². The Morgan fingerprint density at radius 3 is 2.77 bits per heavy atom. The van der Waals surface area contributed by atoms with Crippen LogP contribution in [0.2, 0.25) is 0 Å². The Bertz CT molecular complexity index is 752. The maximum absolute atomic E-state index is 12.6. The van der Waals surface area contributed by atoms with Crippen LogP contribution in [0, 0.1) is 17.8 Å². The number of carboxylic acid groups (broad SMARTS) is 1. The normalized spacial score (nSPS) is 24.8. The minimum absolute atomic E-state index is 0.0973. The molecule has 1 N–H and O–H groups in total. The monoisotopic (exact) mass is 300 g/mol. The van der Waals surface area contributed by atoms with E-state index in [9.17, 15) is 14.7 Å².